The third kappa shape index (κ3) is 5.27. The fraction of sp³-hybridized carbons (Fsp3) is 0. The molecule has 0 atom stereocenters. The molecule has 288 valence electrons. The van der Waals surface area contributed by atoms with E-state index in [2.05, 4.69) is 228 Å². The molecule has 0 saturated heterocycles. The standard InChI is InChI=1S/C58H36N4/c1-3-15-38(16-4-1)57-48-24-12-10-22-45(48)49-36-56-50(35-52(49)59-57)47-32-31-40(33-54(47)61(56)42-18-5-2-6-19-42)37-27-29-39(30-28-37)58-60-51-25-13-14-26-53(51)62(58)55-34-41-17-7-8-20-43(41)44-21-9-11-23-46(44)55/h1-36H. The lowest BCUT2D eigenvalue weighted by Crippen LogP contribution is -1.99. The van der Waals surface area contributed by atoms with Crippen LogP contribution in [-0.2, 0) is 0 Å². The average Bonchev–Trinajstić information content (AvgIpc) is 3.89. The summed E-state index contributed by atoms with van der Waals surface area (Å²) < 4.78 is 4.76. The topological polar surface area (TPSA) is 35.6 Å². The van der Waals surface area contributed by atoms with Crippen LogP contribution in [0.15, 0.2) is 218 Å². The minimum atomic E-state index is 0.918. The lowest BCUT2D eigenvalue weighted by Gasteiger charge is -2.15. The first-order valence-corrected chi connectivity index (χ1v) is 21.2. The number of para-hydroxylation sites is 3. The number of hydrogen-bond acceptors (Lipinski definition) is 2. The summed E-state index contributed by atoms with van der Waals surface area (Å²) in [7, 11) is 0. The molecule has 0 aliphatic heterocycles. The maximum atomic E-state index is 5.36. The molecule has 0 bridgehead atoms. The van der Waals surface area contributed by atoms with Crippen molar-refractivity contribution in [2.75, 3.05) is 0 Å². The normalized spacial score (nSPS) is 11.9. The van der Waals surface area contributed by atoms with Gasteiger partial charge in [-0.3, -0.25) is 4.57 Å². The summed E-state index contributed by atoms with van der Waals surface area (Å²) in [6, 6.07) is 78.5. The van der Waals surface area contributed by atoms with E-state index in [9.17, 15) is 0 Å². The predicted molar refractivity (Wildman–Crippen MR) is 260 cm³/mol. The van der Waals surface area contributed by atoms with Gasteiger partial charge in [-0.25, -0.2) is 9.97 Å². The summed E-state index contributed by atoms with van der Waals surface area (Å²) in [5.41, 5.74) is 13.1. The Balaban J connectivity index is 0.982. The Kier molecular flexibility index (Phi) is 7.57. The van der Waals surface area contributed by atoms with E-state index in [1.807, 2.05) is 0 Å². The molecular weight excluding hydrogens is 753 g/mol. The number of imidazole rings is 1. The molecule has 13 rings (SSSR count). The zero-order valence-electron chi connectivity index (χ0n) is 33.6. The Morgan fingerprint density at radius 2 is 0.903 bits per heavy atom. The van der Waals surface area contributed by atoms with Gasteiger partial charge in [0, 0.05) is 43.7 Å². The molecule has 13 aromatic rings. The second-order valence-electron chi connectivity index (χ2n) is 16.2. The number of aromatic nitrogens is 4. The zero-order valence-corrected chi connectivity index (χ0v) is 33.6. The van der Waals surface area contributed by atoms with Crippen LogP contribution in [0.5, 0.6) is 0 Å². The summed E-state index contributed by atoms with van der Waals surface area (Å²) in [6.07, 6.45) is 0. The molecule has 0 unspecified atom stereocenters. The van der Waals surface area contributed by atoms with Crippen molar-refractivity contribution >= 4 is 76.1 Å². The second kappa shape index (κ2) is 13.6. The molecule has 0 aliphatic carbocycles. The Hall–Kier alpha value is -8.34. The predicted octanol–water partition coefficient (Wildman–Crippen LogP) is 15.1. The van der Waals surface area contributed by atoms with Gasteiger partial charge in [-0.1, -0.05) is 170 Å². The number of nitrogens with zero attached hydrogens (tertiary/aromatic N) is 4. The maximum Gasteiger partial charge on any atom is 0.145 e. The quantitative estimate of drug-likeness (QED) is 0.163. The molecule has 62 heavy (non-hydrogen) atoms. The number of rotatable bonds is 5. The van der Waals surface area contributed by atoms with Gasteiger partial charge in [0.05, 0.1) is 39.0 Å². The van der Waals surface area contributed by atoms with Crippen LogP contribution < -0.4 is 0 Å². The van der Waals surface area contributed by atoms with Crippen molar-refractivity contribution < 1.29 is 0 Å². The summed E-state index contributed by atoms with van der Waals surface area (Å²) in [5.74, 6) is 0.918. The van der Waals surface area contributed by atoms with Crippen molar-refractivity contribution in [3.8, 4) is 45.1 Å². The highest BCUT2D eigenvalue weighted by Gasteiger charge is 2.20. The molecule has 0 saturated carbocycles. The molecule has 10 aromatic carbocycles. The van der Waals surface area contributed by atoms with Crippen LogP contribution in [-0.4, -0.2) is 19.1 Å². The maximum absolute atomic E-state index is 5.36. The molecule has 0 radical (unpaired) electrons. The summed E-state index contributed by atoms with van der Waals surface area (Å²) in [5, 5.41) is 10.8. The van der Waals surface area contributed by atoms with Crippen molar-refractivity contribution in [2.24, 2.45) is 0 Å². The minimum absolute atomic E-state index is 0.918. The molecule has 4 nitrogen and oxygen atoms in total. The van der Waals surface area contributed by atoms with Gasteiger partial charge in [0.15, 0.2) is 0 Å². The third-order valence-corrected chi connectivity index (χ3v) is 12.7. The van der Waals surface area contributed by atoms with Crippen LogP contribution in [0.25, 0.3) is 121 Å². The Bertz CT molecular complexity index is 3900. The van der Waals surface area contributed by atoms with Gasteiger partial charge >= 0.3 is 0 Å². The number of benzene rings is 10. The van der Waals surface area contributed by atoms with Crippen molar-refractivity contribution in [1.29, 1.82) is 0 Å². The average molecular weight is 789 g/mol. The molecule has 3 heterocycles. The number of pyridine rings is 1. The van der Waals surface area contributed by atoms with E-state index in [0.29, 0.717) is 0 Å². The summed E-state index contributed by atoms with van der Waals surface area (Å²) in [6.45, 7) is 0. The Morgan fingerprint density at radius 3 is 1.71 bits per heavy atom. The smallest absolute Gasteiger partial charge is 0.145 e. The number of fused-ring (bicyclic) bond motifs is 10. The van der Waals surface area contributed by atoms with Gasteiger partial charge in [0.2, 0.25) is 0 Å². The lowest BCUT2D eigenvalue weighted by molar-refractivity contribution is 1.12. The van der Waals surface area contributed by atoms with E-state index in [-0.39, 0.29) is 0 Å². The Morgan fingerprint density at radius 1 is 0.290 bits per heavy atom. The van der Waals surface area contributed by atoms with Crippen LogP contribution in [0.4, 0.5) is 0 Å². The van der Waals surface area contributed by atoms with E-state index in [4.69, 9.17) is 9.97 Å². The van der Waals surface area contributed by atoms with E-state index >= 15 is 0 Å². The first-order valence-electron chi connectivity index (χ1n) is 21.2. The van der Waals surface area contributed by atoms with Crippen LogP contribution >= 0.6 is 0 Å². The molecule has 4 heteroatoms. The number of hydrogen-bond donors (Lipinski definition) is 0. The molecule has 0 spiro atoms. The first kappa shape index (κ1) is 34.5. The fourth-order valence-electron chi connectivity index (χ4n) is 9.81. The summed E-state index contributed by atoms with van der Waals surface area (Å²) in [4.78, 5) is 10.6. The molecule has 0 aliphatic rings. The monoisotopic (exact) mass is 788 g/mol. The lowest BCUT2D eigenvalue weighted by atomic mass is 9.98. The zero-order chi connectivity index (χ0) is 40.7. The van der Waals surface area contributed by atoms with Crippen molar-refractivity contribution in [3.63, 3.8) is 0 Å². The Labute approximate surface area is 357 Å². The minimum Gasteiger partial charge on any atom is -0.309 e. The molecule has 3 aromatic heterocycles. The fourth-order valence-corrected chi connectivity index (χ4v) is 9.81. The molecule has 0 amide bonds. The first-order chi connectivity index (χ1) is 30.7. The van der Waals surface area contributed by atoms with Crippen LogP contribution in [0.3, 0.4) is 0 Å². The SMILES string of the molecule is c1ccc(-c2nc3cc4c5ccc(-c6ccc(-c7nc8ccccc8n7-c7cc8ccccc8c8ccccc78)cc6)cc5n(-c5ccccc5)c4cc3c3ccccc23)cc1. The van der Waals surface area contributed by atoms with Gasteiger partial charge in [0.25, 0.3) is 0 Å². The van der Waals surface area contributed by atoms with Gasteiger partial charge in [-0.15, -0.1) is 0 Å². The van der Waals surface area contributed by atoms with Crippen molar-refractivity contribution in [3.05, 3.63) is 218 Å². The second-order valence-corrected chi connectivity index (χ2v) is 16.2. The largest absolute Gasteiger partial charge is 0.309 e. The van der Waals surface area contributed by atoms with Gasteiger partial charge in [0.1, 0.15) is 5.82 Å². The van der Waals surface area contributed by atoms with E-state index in [0.717, 1.165) is 83.5 Å². The van der Waals surface area contributed by atoms with E-state index in [1.165, 1.54) is 37.7 Å². The highest BCUT2D eigenvalue weighted by molar-refractivity contribution is 6.19. The van der Waals surface area contributed by atoms with Crippen LogP contribution in [0.2, 0.25) is 0 Å². The molecule has 0 fully saturated rings. The summed E-state index contributed by atoms with van der Waals surface area (Å²) >= 11 is 0. The van der Waals surface area contributed by atoms with Gasteiger partial charge in [-0.05, 0) is 81.2 Å². The molecular formula is C58H36N4. The van der Waals surface area contributed by atoms with Crippen LogP contribution in [0.1, 0.15) is 0 Å². The van der Waals surface area contributed by atoms with Crippen LogP contribution in [0, 0.1) is 0 Å². The van der Waals surface area contributed by atoms with Gasteiger partial charge in [-0.2, -0.15) is 0 Å². The van der Waals surface area contributed by atoms with Crippen molar-refractivity contribution in [2.45, 2.75) is 0 Å². The van der Waals surface area contributed by atoms with E-state index in [1.54, 1.807) is 0 Å². The van der Waals surface area contributed by atoms with Gasteiger partial charge < -0.3 is 4.57 Å². The van der Waals surface area contributed by atoms with E-state index < -0.39 is 0 Å². The highest BCUT2D eigenvalue weighted by atomic mass is 15.1. The third-order valence-electron chi connectivity index (χ3n) is 12.7. The van der Waals surface area contributed by atoms with Crippen molar-refractivity contribution in [1.82, 2.24) is 19.1 Å². The highest BCUT2D eigenvalue weighted by Crippen LogP contribution is 2.41. The molecule has 0 N–H and O–H groups in total.